The van der Waals surface area contributed by atoms with Gasteiger partial charge in [0.15, 0.2) is 11.9 Å². The number of hydrogen-bond donors (Lipinski definition) is 0. The fraction of sp³-hybridized carbons (Fsp3) is 0.273. The van der Waals surface area contributed by atoms with Gasteiger partial charge in [0, 0.05) is 11.6 Å². The van der Waals surface area contributed by atoms with Crippen molar-refractivity contribution in [3.8, 4) is 11.8 Å². The Kier molecular flexibility index (Phi) is 4.17. The van der Waals surface area contributed by atoms with Gasteiger partial charge in [0.25, 0.3) is 0 Å². The minimum absolute atomic E-state index is 0.0620. The van der Waals surface area contributed by atoms with Crippen molar-refractivity contribution in [3.05, 3.63) is 33.9 Å². The van der Waals surface area contributed by atoms with E-state index in [-0.39, 0.29) is 17.0 Å². The Morgan fingerprint density at radius 3 is 2.82 bits per heavy atom. The summed E-state index contributed by atoms with van der Waals surface area (Å²) < 4.78 is 5.19. The summed E-state index contributed by atoms with van der Waals surface area (Å²) >= 11 is 0. The van der Waals surface area contributed by atoms with Crippen LogP contribution in [0.4, 0.5) is 5.69 Å². The molecule has 1 aromatic carbocycles. The van der Waals surface area contributed by atoms with Crippen LogP contribution < -0.4 is 4.74 Å². The van der Waals surface area contributed by atoms with Crippen molar-refractivity contribution < 1.29 is 14.5 Å². The summed E-state index contributed by atoms with van der Waals surface area (Å²) in [5.41, 5.74) is 0.00249. The molecule has 0 aliphatic rings. The first-order valence-corrected chi connectivity index (χ1v) is 4.92. The minimum Gasteiger partial charge on any atom is -0.468 e. The first-order valence-electron chi connectivity index (χ1n) is 4.92. The number of nitro groups is 1. The zero-order chi connectivity index (χ0) is 12.8. The highest BCUT2D eigenvalue weighted by atomic mass is 16.6. The SMILES string of the molecule is CCC(C#N)Oc1cc(C=O)ccc1[N+](=O)[O-]. The molecular formula is C11H10N2O4. The Bertz CT molecular complexity index is 479. The Morgan fingerprint density at radius 1 is 1.65 bits per heavy atom. The minimum atomic E-state index is -0.768. The van der Waals surface area contributed by atoms with E-state index in [1.165, 1.54) is 18.2 Å². The highest BCUT2D eigenvalue weighted by molar-refractivity contribution is 5.77. The van der Waals surface area contributed by atoms with E-state index in [4.69, 9.17) is 10.00 Å². The molecule has 1 atom stereocenters. The van der Waals surface area contributed by atoms with Gasteiger partial charge >= 0.3 is 5.69 Å². The third kappa shape index (κ3) is 3.01. The Balaban J connectivity index is 3.13. The maximum atomic E-state index is 10.7. The van der Waals surface area contributed by atoms with Crippen LogP contribution in [0.25, 0.3) is 0 Å². The first kappa shape index (κ1) is 12.6. The van der Waals surface area contributed by atoms with Crippen LogP contribution in [0.5, 0.6) is 5.75 Å². The van der Waals surface area contributed by atoms with E-state index in [9.17, 15) is 14.9 Å². The number of benzene rings is 1. The first-order chi connectivity index (χ1) is 8.12. The van der Waals surface area contributed by atoms with Crippen LogP contribution in [0, 0.1) is 21.4 Å². The molecule has 0 N–H and O–H groups in total. The second-order valence-electron chi connectivity index (χ2n) is 3.25. The van der Waals surface area contributed by atoms with Crippen LogP contribution in [-0.4, -0.2) is 17.3 Å². The van der Waals surface area contributed by atoms with Gasteiger partial charge in [-0.2, -0.15) is 5.26 Å². The third-order valence-corrected chi connectivity index (χ3v) is 2.10. The number of hydrogen-bond acceptors (Lipinski definition) is 5. The monoisotopic (exact) mass is 234 g/mol. The molecule has 1 unspecified atom stereocenters. The zero-order valence-corrected chi connectivity index (χ0v) is 9.12. The topological polar surface area (TPSA) is 93.2 Å². The molecule has 1 rings (SSSR count). The molecule has 88 valence electrons. The number of ether oxygens (including phenoxy) is 1. The van der Waals surface area contributed by atoms with Crippen molar-refractivity contribution in [1.82, 2.24) is 0 Å². The molecule has 0 aliphatic carbocycles. The molecule has 0 bridgehead atoms. The average Bonchev–Trinajstić information content (AvgIpc) is 2.35. The smallest absolute Gasteiger partial charge is 0.311 e. The number of nitrogens with zero attached hydrogens (tertiary/aromatic N) is 2. The van der Waals surface area contributed by atoms with Crippen molar-refractivity contribution in [2.45, 2.75) is 19.4 Å². The highest BCUT2D eigenvalue weighted by Gasteiger charge is 2.18. The molecule has 6 heteroatoms. The summed E-state index contributed by atoms with van der Waals surface area (Å²) in [5, 5.41) is 19.5. The number of rotatable bonds is 5. The fourth-order valence-electron chi connectivity index (χ4n) is 1.20. The van der Waals surface area contributed by atoms with E-state index in [2.05, 4.69) is 0 Å². The molecule has 0 aromatic heterocycles. The van der Waals surface area contributed by atoms with Gasteiger partial charge < -0.3 is 4.74 Å². The molecule has 0 fully saturated rings. The number of carbonyl (C=O) groups is 1. The molecule has 0 radical (unpaired) electrons. The standard InChI is InChI=1S/C11H10N2O4/c1-2-9(6-12)17-11-5-8(7-14)3-4-10(11)13(15)16/h3-5,7,9H,2H2,1H3. The lowest BCUT2D eigenvalue weighted by molar-refractivity contribution is -0.386. The Labute approximate surface area is 97.6 Å². The number of carbonyl (C=O) groups excluding carboxylic acids is 1. The highest BCUT2D eigenvalue weighted by Crippen LogP contribution is 2.28. The molecule has 6 nitrogen and oxygen atoms in total. The molecule has 0 amide bonds. The van der Waals surface area contributed by atoms with Gasteiger partial charge in [-0.05, 0) is 18.6 Å². The average molecular weight is 234 g/mol. The second kappa shape index (κ2) is 5.61. The van der Waals surface area contributed by atoms with Gasteiger partial charge in [-0.25, -0.2) is 0 Å². The van der Waals surface area contributed by atoms with Gasteiger partial charge in [0.2, 0.25) is 0 Å². The van der Waals surface area contributed by atoms with Gasteiger partial charge in [-0.3, -0.25) is 14.9 Å². The van der Waals surface area contributed by atoms with Crippen molar-refractivity contribution in [1.29, 1.82) is 5.26 Å². The van der Waals surface area contributed by atoms with E-state index in [0.717, 1.165) is 0 Å². The van der Waals surface area contributed by atoms with Crippen LogP contribution >= 0.6 is 0 Å². The molecular weight excluding hydrogens is 224 g/mol. The van der Waals surface area contributed by atoms with E-state index in [1.54, 1.807) is 6.92 Å². The third-order valence-electron chi connectivity index (χ3n) is 2.10. The summed E-state index contributed by atoms with van der Waals surface area (Å²) in [5.74, 6) is -0.0620. The van der Waals surface area contributed by atoms with Crippen molar-refractivity contribution >= 4 is 12.0 Å². The maximum absolute atomic E-state index is 10.7. The largest absolute Gasteiger partial charge is 0.468 e. The zero-order valence-electron chi connectivity index (χ0n) is 9.12. The second-order valence-corrected chi connectivity index (χ2v) is 3.25. The van der Waals surface area contributed by atoms with E-state index < -0.39 is 11.0 Å². The molecule has 0 aliphatic heterocycles. The summed E-state index contributed by atoms with van der Waals surface area (Å²) in [4.78, 5) is 20.7. The maximum Gasteiger partial charge on any atom is 0.311 e. The molecule has 0 heterocycles. The van der Waals surface area contributed by atoms with Gasteiger partial charge in [0.05, 0.1) is 4.92 Å². The predicted molar refractivity (Wildman–Crippen MR) is 58.8 cm³/mol. The van der Waals surface area contributed by atoms with Crippen molar-refractivity contribution in [3.63, 3.8) is 0 Å². The summed E-state index contributed by atoms with van der Waals surface area (Å²) in [6.45, 7) is 1.73. The van der Waals surface area contributed by atoms with Crippen molar-refractivity contribution in [2.24, 2.45) is 0 Å². The lowest BCUT2D eigenvalue weighted by Gasteiger charge is -2.10. The lowest BCUT2D eigenvalue weighted by atomic mass is 10.2. The van der Waals surface area contributed by atoms with Crippen LogP contribution in [0.15, 0.2) is 18.2 Å². The summed E-state index contributed by atoms with van der Waals surface area (Å²) in [6.07, 6.45) is 0.193. The lowest BCUT2D eigenvalue weighted by Crippen LogP contribution is -2.13. The quantitative estimate of drug-likeness (QED) is 0.441. The Hall–Kier alpha value is -2.42. The molecule has 17 heavy (non-hydrogen) atoms. The molecule has 0 spiro atoms. The van der Waals surface area contributed by atoms with Crippen LogP contribution in [0.1, 0.15) is 23.7 Å². The van der Waals surface area contributed by atoms with Gasteiger partial charge in [-0.1, -0.05) is 6.92 Å². The normalized spacial score (nSPS) is 11.3. The molecule has 1 aromatic rings. The summed E-state index contributed by atoms with van der Waals surface area (Å²) in [6, 6.07) is 5.63. The molecule has 0 saturated heterocycles. The fourth-order valence-corrected chi connectivity index (χ4v) is 1.20. The number of aldehydes is 1. The van der Waals surface area contributed by atoms with Gasteiger partial charge in [0.1, 0.15) is 12.4 Å². The van der Waals surface area contributed by atoms with E-state index in [0.29, 0.717) is 12.7 Å². The molecule has 0 saturated carbocycles. The van der Waals surface area contributed by atoms with E-state index >= 15 is 0 Å². The van der Waals surface area contributed by atoms with Crippen LogP contribution in [-0.2, 0) is 0 Å². The Morgan fingerprint density at radius 2 is 2.35 bits per heavy atom. The van der Waals surface area contributed by atoms with Gasteiger partial charge in [-0.15, -0.1) is 0 Å². The predicted octanol–water partition coefficient (Wildman–Crippen LogP) is 2.09. The van der Waals surface area contributed by atoms with Crippen molar-refractivity contribution in [2.75, 3.05) is 0 Å². The number of nitriles is 1. The summed E-state index contributed by atoms with van der Waals surface area (Å²) in [7, 11) is 0. The van der Waals surface area contributed by atoms with Crippen LogP contribution in [0.3, 0.4) is 0 Å². The van der Waals surface area contributed by atoms with Crippen LogP contribution in [0.2, 0.25) is 0 Å². The number of nitro benzene ring substituents is 1. The van der Waals surface area contributed by atoms with E-state index in [1.807, 2.05) is 6.07 Å².